The number of sulfone groups is 1. The lowest BCUT2D eigenvalue weighted by molar-refractivity contribution is 0.595. The highest BCUT2D eigenvalue weighted by Crippen LogP contribution is 2.29. The van der Waals surface area contributed by atoms with Crippen LogP contribution in [-0.4, -0.2) is 8.42 Å². The van der Waals surface area contributed by atoms with Crippen molar-refractivity contribution in [2.24, 2.45) is 0 Å². The van der Waals surface area contributed by atoms with Gasteiger partial charge in [-0.05, 0) is 68.1 Å². The van der Waals surface area contributed by atoms with E-state index in [1.807, 2.05) is 33.8 Å². The van der Waals surface area contributed by atoms with Crippen LogP contribution in [0.1, 0.15) is 22.3 Å². The van der Waals surface area contributed by atoms with Gasteiger partial charge in [-0.2, -0.15) is 0 Å². The monoisotopic (exact) mass is 274 g/mol. The maximum Gasteiger partial charge on any atom is 0.206 e. The summed E-state index contributed by atoms with van der Waals surface area (Å²) in [6.07, 6.45) is 0. The van der Waals surface area contributed by atoms with E-state index in [4.69, 9.17) is 0 Å². The first-order valence-corrected chi connectivity index (χ1v) is 7.71. The van der Waals surface area contributed by atoms with Gasteiger partial charge in [-0.25, -0.2) is 8.42 Å². The molecule has 0 aliphatic heterocycles. The van der Waals surface area contributed by atoms with Crippen LogP contribution in [0.2, 0.25) is 0 Å². The zero-order chi connectivity index (χ0) is 14.2. The Bertz CT molecular complexity index is 714. The molecule has 0 unspecified atom stereocenters. The van der Waals surface area contributed by atoms with Crippen LogP contribution >= 0.6 is 0 Å². The summed E-state index contributed by atoms with van der Waals surface area (Å²) in [6.45, 7) is 7.82. The summed E-state index contributed by atoms with van der Waals surface area (Å²) in [5.41, 5.74) is 4.06. The second-order valence-corrected chi connectivity index (χ2v) is 6.80. The van der Waals surface area contributed by atoms with Crippen molar-refractivity contribution in [3.8, 4) is 0 Å². The van der Waals surface area contributed by atoms with E-state index in [1.165, 1.54) is 0 Å². The van der Waals surface area contributed by atoms with Crippen molar-refractivity contribution < 1.29 is 8.42 Å². The lowest BCUT2D eigenvalue weighted by Gasteiger charge is -2.14. The van der Waals surface area contributed by atoms with Gasteiger partial charge in [-0.15, -0.1) is 0 Å². The maximum atomic E-state index is 12.7. The highest BCUT2D eigenvalue weighted by Gasteiger charge is 2.21. The molecule has 2 rings (SSSR count). The van der Waals surface area contributed by atoms with Crippen LogP contribution in [-0.2, 0) is 9.84 Å². The molecule has 2 nitrogen and oxygen atoms in total. The van der Waals surface area contributed by atoms with Gasteiger partial charge in [0.1, 0.15) is 0 Å². The summed E-state index contributed by atoms with van der Waals surface area (Å²) >= 11 is 0. The first kappa shape index (κ1) is 13.8. The molecule has 0 bridgehead atoms. The minimum absolute atomic E-state index is 0.348. The average Bonchev–Trinajstić information content (AvgIpc) is 2.41. The predicted octanol–water partition coefficient (Wildman–Crippen LogP) is 3.75. The summed E-state index contributed by atoms with van der Waals surface area (Å²) in [5.74, 6) is 0. The molecule has 0 saturated carbocycles. The molecular weight excluding hydrogens is 256 g/mol. The smallest absolute Gasteiger partial charge is 0.206 e. The van der Waals surface area contributed by atoms with Crippen LogP contribution in [0.3, 0.4) is 0 Å². The zero-order valence-electron chi connectivity index (χ0n) is 11.7. The van der Waals surface area contributed by atoms with E-state index >= 15 is 0 Å². The molecule has 0 amide bonds. The van der Waals surface area contributed by atoms with Crippen molar-refractivity contribution in [1.82, 2.24) is 0 Å². The van der Waals surface area contributed by atoms with Crippen LogP contribution in [0.4, 0.5) is 0 Å². The fourth-order valence-electron chi connectivity index (χ4n) is 2.18. The van der Waals surface area contributed by atoms with E-state index in [9.17, 15) is 8.42 Å². The van der Waals surface area contributed by atoms with E-state index in [0.717, 1.165) is 22.3 Å². The Hall–Kier alpha value is -1.61. The summed E-state index contributed by atoms with van der Waals surface area (Å²) < 4.78 is 25.3. The molecular formula is C16H18O2S. The first-order valence-electron chi connectivity index (χ1n) is 6.23. The number of benzene rings is 2. The molecule has 2 aromatic carbocycles. The van der Waals surface area contributed by atoms with Crippen molar-refractivity contribution >= 4 is 9.84 Å². The van der Waals surface area contributed by atoms with Gasteiger partial charge in [0.2, 0.25) is 9.84 Å². The summed E-state index contributed by atoms with van der Waals surface area (Å²) in [6, 6.07) is 10.4. The van der Waals surface area contributed by atoms with E-state index in [1.54, 1.807) is 30.3 Å². The molecule has 0 radical (unpaired) electrons. The minimum atomic E-state index is -3.43. The second kappa shape index (κ2) is 4.82. The molecule has 100 valence electrons. The molecule has 0 atom stereocenters. The maximum absolute atomic E-state index is 12.7. The topological polar surface area (TPSA) is 34.1 Å². The zero-order valence-corrected chi connectivity index (χ0v) is 12.5. The van der Waals surface area contributed by atoms with Gasteiger partial charge < -0.3 is 0 Å². The fraction of sp³-hybridized carbons (Fsp3) is 0.250. The van der Waals surface area contributed by atoms with E-state index in [0.29, 0.717) is 9.79 Å². The molecule has 19 heavy (non-hydrogen) atoms. The van der Waals surface area contributed by atoms with Crippen LogP contribution in [0.5, 0.6) is 0 Å². The molecule has 0 spiro atoms. The molecule has 0 saturated heterocycles. The van der Waals surface area contributed by atoms with Crippen LogP contribution in [0, 0.1) is 27.7 Å². The number of rotatable bonds is 2. The molecule has 0 heterocycles. The van der Waals surface area contributed by atoms with Gasteiger partial charge in [0.15, 0.2) is 0 Å². The molecule has 0 fully saturated rings. The number of hydrogen-bond donors (Lipinski definition) is 0. The fourth-order valence-corrected chi connectivity index (χ4v) is 3.84. The third-order valence-corrected chi connectivity index (χ3v) is 5.67. The molecule has 0 N–H and O–H groups in total. The van der Waals surface area contributed by atoms with E-state index < -0.39 is 9.84 Å². The van der Waals surface area contributed by atoms with Crippen molar-refractivity contribution in [2.45, 2.75) is 37.5 Å². The largest absolute Gasteiger partial charge is 0.219 e. The molecule has 0 aromatic heterocycles. The first-order chi connectivity index (χ1) is 8.85. The van der Waals surface area contributed by atoms with Crippen molar-refractivity contribution in [3.63, 3.8) is 0 Å². The molecule has 2 aromatic rings. The Morgan fingerprint density at radius 2 is 1.37 bits per heavy atom. The van der Waals surface area contributed by atoms with Crippen LogP contribution < -0.4 is 0 Å². The quantitative estimate of drug-likeness (QED) is 0.835. The summed E-state index contributed by atoms with van der Waals surface area (Å²) in [4.78, 5) is 0.764. The Balaban J connectivity index is 2.73. The third-order valence-electron chi connectivity index (χ3n) is 3.78. The van der Waals surface area contributed by atoms with Gasteiger partial charge in [0.05, 0.1) is 9.79 Å². The van der Waals surface area contributed by atoms with E-state index in [2.05, 4.69) is 0 Å². The van der Waals surface area contributed by atoms with Crippen molar-refractivity contribution in [1.29, 1.82) is 0 Å². The Morgan fingerprint density at radius 1 is 0.789 bits per heavy atom. The second-order valence-electron chi connectivity index (χ2n) is 4.88. The highest BCUT2D eigenvalue weighted by molar-refractivity contribution is 7.91. The average molecular weight is 274 g/mol. The van der Waals surface area contributed by atoms with Crippen molar-refractivity contribution in [2.75, 3.05) is 0 Å². The van der Waals surface area contributed by atoms with Crippen LogP contribution in [0.15, 0.2) is 46.2 Å². The van der Waals surface area contributed by atoms with Gasteiger partial charge in [0, 0.05) is 0 Å². The Morgan fingerprint density at radius 3 is 1.95 bits per heavy atom. The van der Waals surface area contributed by atoms with Gasteiger partial charge in [-0.3, -0.25) is 0 Å². The Kier molecular flexibility index (Phi) is 3.50. The number of aryl methyl sites for hydroxylation is 1. The predicted molar refractivity (Wildman–Crippen MR) is 77.3 cm³/mol. The lowest BCUT2D eigenvalue weighted by Crippen LogP contribution is -2.07. The molecule has 0 aliphatic rings. The lowest BCUT2D eigenvalue weighted by atomic mass is 10.00. The van der Waals surface area contributed by atoms with Crippen molar-refractivity contribution in [3.05, 3.63) is 58.7 Å². The SMILES string of the molecule is Cc1cc(S(=O)(=O)c2ccccc2)c(C)c(C)c1C. The highest BCUT2D eigenvalue weighted by atomic mass is 32.2. The standard InChI is InChI=1S/C16H18O2S/c1-11-10-16(14(4)13(3)12(11)2)19(17,18)15-8-6-5-7-9-15/h5-10H,1-4H3. The Labute approximate surface area is 115 Å². The minimum Gasteiger partial charge on any atom is -0.219 e. The normalized spacial score (nSPS) is 11.6. The van der Waals surface area contributed by atoms with Gasteiger partial charge in [-0.1, -0.05) is 18.2 Å². The molecule has 0 aliphatic carbocycles. The third kappa shape index (κ3) is 2.30. The van der Waals surface area contributed by atoms with E-state index in [-0.39, 0.29) is 0 Å². The van der Waals surface area contributed by atoms with Crippen LogP contribution in [0.25, 0.3) is 0 Å². The van der Waals surface area contributed by atoms with Gasteiger partial charge in [0.25, 0.3) is 0 Å². The molecule has 3 heteroatoms. The number of hydrogen-bond acceptors (Lipinski definition) is 2. The summed E-state index contributed by atoms with van der Waals surface area (Å²) in [5, 5.41) is 0. The van der Waals surface area contributed by atoms with Gasteiger partial charge >= 0.3 is 0 Å². The summed E-state index contributed by atoms with van der Waals surface area (Å²) in [7, 11) is -3.43.